The summed E-state index contributed by atoms with van der Waals surface area (Å²) < 4.78 is 25.0. The molecule has 2 rings (SSSR count). The van der Waals surface area contributed by atoms with Gasteiger partial charge in [0.1, 0.15) is 0 Å². The van der Waals surface area contributed by atoms with E-state index in [1.165, 1.54) is 0 Å². The lowest BCUT2D eigenvalue weighted by atomic mass is 10.0. The molecular formula is C16H25ClN2O3S. The standard InChI is InChI=1S/C16H24N2O3S.ClH/c17-10-9-16(19)18-14-6-4-5-13(11-14)12-22(20,21)15-7-2-1-3-8-15;/h4-6,11,15H,1-3,7-10,12,17H2,(H,18,19);1H. The Kier molecular flexibility index (Phi) is 8.02. The molecule has 1 aliphatic carbocycles. The van der Waals surface area contributed by atoms with Crippen molar-refractivity contribution in [1.29, 1.82) is 0 Å². The second-order valence-corrected chi connectivity index (χ2v) is 8.14. The van der Waals surface area contributed by atoms with Gasteiger partial charge in [0.05, 0.1) is 11.0 Å². The minimum Gasteiger partial charge on any atom is -0.330 e. The number of amides is 1. The van der Waals surface area contributed by atoms with Crippen LogP contribution < -0.4 is 11.1 Å². The molecule has 23 heavy (non-hydrogen) atoms. The number of nitrogens with two attached hydrogens (primary N) is 1. The van der Waals surface area contributed by atoms with Gasteiger partial charge in [-0.1, -0.05) is 31.4 Å². The number of carbonyl (C=O) groups is 1. The molecule has 0 atom stereocenters. The number of halogens is 1. The van der Waals surface area contributed by atoms with Gasteiger partial charge in [-0.2, -0.15) is 0 Å². The van der Waals surface area contributed by atoms with E-state index in [1.54, 1.807) is 24.3 Å². The van der Waals surface area contributed by atoms with E-state index < -0.39 is 9.84 Å². The van der Waals surface area contributed by atoms with Crippen LogP contribution in [0.4, 0.5) is 5.69 Å². The first-order valence-corrected chi connectivity index (χ1v) is 9.53. The maximum absolute atomic E-state index is 12.5. The third-order valence-corrected chi connectivity index (χ3v) is 6.23. The fraction of sp³-hybridized carbons (Fsp3) is 0.562. The monoisotopic (exact) mass is 360 g/mol. The van der Waals surface area contributed by atoms with Crippen LogP contribution in [0.2, 0.25) is 0 Å². The largest absolute Gasteiger partial charge is 0.330 e. The van der Waals surface area contributed by atoms with Crippen LogP contribution in [0.25, 0.3) is 0 Å². The molecule has 0 spiro atoms. The molecule has 1 saturated carbocycles. The summed E-state index contributed by atoms with van der Waals surface area (Å²) in [6.45, 7) is 0.293. The Hall–Kier alpha value is -1.11. The van der Waals surface area contributed by atoms with Gasteiger partial charge in [0.15, 0.2) is 9.84 Å². The summed E-state index contributed by atoms with van der Waals surface area (Å²) in [4.78, 5) is 11.5. The van der Waals surface area contributed by atoms with E-state index in [0.717, 1.165) is 37.7 Å². The van der Waals surface area contributed by atoms with Crippen LogP contribution in [0.5, 0.6) is 0 Å². The van der Waals surface area contributed by atoms with E-state index in [1.807, 2.05) is 0 Å². The van der Waals surface area contributed by atoms with E-state index in [0.29, 0.717) is 12.2 Å². The lowest BCUT2D eigenvalue weighted by molar-refractivity contribution is -0.116. The Morgan fingerprint density at radius 3 is 2.57 bits per heavy atom. The normalized spacial score (nSPS) is 15.7. The van der Waals surface area contributed by atoms with Gasteiger partial charge in [-0.25, -0.2) is 8.42 Å². The molecule has 3 N–H and O–H groups in total. The van der Waals surface area contributed by atoms with Crippen LogP contribution in [-0.4, -0.2) is 26.1 Å². The third-order valence-electron chi connectivity index (χ3n) is 4.01. The van der Waals surface area contributed by atoms with Crippen LogP contribution >= 0.6 is 12.4 Å². The number of nitrogens with one attached hydrogen (secondary N) is 1. The number of carbonyl (C=O) groups excluding carboxylic acids is 1. The van der Waals surface area contributed by atoms with E-state index in [-0.39, 0.29) is 35.7 Å². The average molecular weight is 361 g/mol. The van der Waals surface area contributed by atoms with Crippen molar-refractivity contribution in [2.24, 2.45) is 5.73 Å². The molecule has 1 aromatic rings. The van der Waals surface area contributed by atoms with E-state index in [2.05, 4.69) is 5.32 Å². The van der Waals surface area contributed by atoms with E-state index in [4.69, 9.17) is 5.73 Å². The molecule has 0 aliphatic heterocycles. The molecule has 1 aromatic carbocycles. The highest BCUT2D eigenvalue weighted by molar-refractivity contribution is 7.91. The summed E-state index contributed by atoms with van der Waals surface area (Å²) in [7, 11) is -3.12. The number of hydrogen-bond acceptors (Lipinski definition) is 4. The van der Waals surface area contributed by atoms with Crippen molar-refractivity contribution in [2.75, 3.05) is 11.9 Å². The molecule has 130 valence electrons. The lowest BCUT2D eigenvalue weighted by Crippen LogP contribution is -2.25. The predicted molar refractivity (Wildman–Crippen MR) is 95.5 cm³/mol. The molecular weight excluding hydrogens is 336 g/mol. The van der Waals surface area contributed by atoms with Crippen molar-refractivity contribution >= 4 is 33.8 Å². The van der Waals surface area contributed by atoms with Crippen molar-refractivity contribution < 1.29 is 13.2 Å². The number of rotatable bonds is 6. The van der Waals surface area contributed by atoms with E-state index >= 15 is 0 Å². The topological polar surface area (TPSA) is 89.3 Å². The Labute approximate surface area is 144 Å². The van der Waals surface area contributed by atoms with Crippen LogP contribution in [0.1, 0.15) is 44.1 Å². The summed E-state index contributed by atoms with van der Waals surface area (Å²) in [5.41, 5.74) is 6.68. The first-order valence-electron chi connectivity index (χ1n) is 7.82. The fourth-order valence-corrected chi connectivity index (χ4v) is 4.80. The molecule has 1 fully saturated rings. The van der Waals surface area contributed by atoms with Gasteiger partial charge >= 0.3 is 0 Å². The average Bonchev–Trinajstić information content (AvgIpc) is 2.48. The molecule has 1 amide bonds. The second-order valence-electron chi connectivity index (χ2n) is 5.85. The highest BCUT2D eigenvalue weighted by Gasteiger charge is 2.27. The number of sulfone groups is 1. The summed E-state index contributed by atoms with van der Waals surface area (Å²) in [5, 5.41) is 2.52. The molecule has 0 bridgehead atoms. The molecule has 1 aliphatic rings. The van der Waals surface area contributed by atoms with Crippen LogP contribution in [0.15, 0.2) is 24.3 Å². The SMILES string of the molecule is Cl.NCCC(=O)Nc1cccc(CS(=O)(=O)C2CCCCC2)c1. The van der Waals surface area contributed by atoms with Crippen LogP contribution in [0, 0.1) is 0 Å². The van der Waals surface area contributed by atoms with Gasteiger partial charge in [-0.15, -0.1) is 12.4 Å². The van der Waals surface area contributed by atoms with Gasteiger partial charge in [0.25, 0.3) is 0 Å². The lowest BCUT2D eigenvalue weighted by Gasteiger charge is -2.21. The molecule has 7 heteroatoms. The zero-order chi connectivity index (χ0) is 16.0. The Morgan fingerprint density at radius 1 is 1.22 bits per heavy atom. The molecule has 0 aromatic heterocycles. The van der Waals surface area contributed by atoms with Gasteiger partial charge in [-0.3, -0.25) is 4.79 Å². The zero-order valence-electron chi connectivity index (χ0n) is 13.2. The third kappa shape index (κ3) is 6.12. The summed E-state index contributed by atoms with van der Waals surface area (Å²) in [5.74, 6) is -0.118. The molecule has 0 heterocycles. The minimum absolute atomic E-state index is 0. The van der Waals surface area contributed by atoms with E-state index in [9.17, 15) is 13.2 Å². The summed E-state index contributed by atoms with van der Waals surface area (Å²) in [6, 6.07) is 7.04. The Morgan fingerprint density at radius 2 is 1.91 bits per heavy atom. The van der Waals surface area contributed by atoms with Crippen molar-refractivity contribution in [1.82, 2.24) is 0 Å². The molecule has 0 saturated heterocycles. The summed E-state index contributed by atoms with van der Waals surface area (Å²) in [6.07, 6.45) is 4.93. The van der Waals surface area contributed by atoms with Gasteiger partial charge < -0.3 is 11.1 Å². The fourth-order valence-electron chi connectivity index (χ4n) is 2.87. The number of hydrogen-bond donors (Lipinski definition) is 2. The molecule has 0 radical (unpaired) electrons. The second kappa shape index (κ2) is 9.25. The minimum atomic E-state index is -3.12. The van der Waals surface area contributed by atoms with Crippen molar-refractivity contribution in [3.8, 4) is 0 Å². The first kappa shape index (κ1) is 19.9. The van der Waals surface area contributed by atoms with Crippen LogP contribution in [0.3, 0.4) is 0 Å². The van der Waals surface area contributed by atoms with Gasteiger partial charge in [0, 0.05) is 18.7 Å². The van der Waals surface area contributed by atoms with Crippen LogP contribution in [-0.2, 0) is 20.4 Å². The zero-order valence-corrected chi connectivity index (χ0v) is 14.8. The van der Waals surface area contributed by atoms with Crippen molar-refractivity contribution in [3.05, 3.63) is 29.8 Å². The maximum atomic E-state index is 12.5. The summed E-state index contributed by atoms with van der Waals surface area (Å²) >= 11 is 0. The smallest absolute Gasteiger partial charge is 0.225 e. The molecule has 5 nitrogen and oxygen atoms in total. The number of anilines is 1. The number of benzene rings is 1. The molecule has 0 unspecified atom stereocenters. The van der Waals surface area contributed by atoms with Crippen molar-refractivity contribution in [3.63, 3.8) is 0 Å². The predicted octanol–water partition coefficient (Wildman–Crippen LogP) is 2.64. The quantitative estimate of drug-likeness (QED) is 0.816. The van der Waals surface area contributed by atoms with Gasteiger partial charge in [-0.05, 0) is 30.5 Å². The van der Waals surface area contributed by atoms with Gasteiger partial charge in [0.2, 0.25) is 5.91 Å². The maximum Gasteiger partial charge on any atom is 0.225 e. The van der Waals surface area contributed by atoms with Crippen molar-refractivity contribution in [2.45, 2.75) is 49.5 Å². The highest BCUT2D eigenvalue weighted by Crippen LogP contribution is 2.26. The first-order chi connectivity index (χ1) is 10.5. The Bertz CT molecular complexity index is 614. The highest BCUT2D eigenvalue weighted by atomic mass is 35.5. The Balaban J connectivity index is 0.00000264.